The van der Waals surface area contributed by atoms with Gasteiger partial charge >= 0.3 is 0 Å². The Hall–Kier alpha value is -1.28. The third-order valence-electron chi connectivity index (χ3n) is 3.82. The van der Waals surface area contributed by atoms with Crippen molar-refractivity contribution in [3.8, 4) is 0 Å². The highest BCUT2D eigenvalue weighted by atomic mass is 14.7. The van der Waals surface area contributed by atoms with Crippen molar-refractivity contribution in [2.75, 3.05) is 0 Å². The fraction of sp³-hybridized carbons (Fsp3) is 0.429. The van der Waals surface area contributed by atoms with Crippen LogP contribution in [0.2, 0.25) is 0 Å². The molecule has 1 aliphatic carbocycles. The first kappa shape index (κ1) is 9.91. The normalized spacial score (nSPS) is 26.1. The van der Waals surface area contributed by atoms with Crippen LogP contribution in [0.3, 0.4) is 0 Å². The largest absolute Gasteiger partial charge is 0.361 e. The van der Waals surface area contributed by atoms with Gasteiger partial charge in [0.25, 0.3) is 0 Å². The predicted molar refractivity (Wildman–Crippen MR) is 67.5 cm³/mol. The Bertz CT molecular complexity index is 478. The van der Waals surface area contributed by atoms with Crippen molar-refractivity contribution in [2.24, 2.45) is 5.73 Å². The van der Waals surface area contributed by atoms with Gasteiger partial charge in [0.05, 0.1) is 0 Å². The molecule has 0 unspecified atom stereocenters. The first-order chi connectivity index (χ1) is 7.83. The van der Waals surface area contributed by atoms with Gasteiger partial charge in [0.1, 0.15) is 0 Å². The maximum Gasteiger partial charge on any atom is 0.0454 e. The lowest BCUT2D eigenvalue weighted by Crippen LogP contribution is -2.25. The molecule has 3 N–H and O–H groups in total. The third kappa shape index (κ3) is 1.74. The number of benzene rings is 1. The number of aromatic amines is 1. The van der Waals surface area contributed by atoms with E-state index in [4.69, 9.17) is 5.73 Å². The summed E-state index contributed by atoms with van der Waals surface area (Å²) in [5.74, 6) is 0.721. The van der Waals surface area contributed by atoms with Crippen LogP contribution in [-0.2, 0) is 0 Å². The van der Waals surface area contributed by atoms with E-state index < -0.39 is 0 Å². The second-order valence-corrected chi connectivity index (χ2v) is 4.94. The molecule has 0 atom stereocenters. The summed E-state index contributed by atoms with van der Waals surface area (Å²) in [6, 6.07) is 9.37. The molecule has 2 heteroatoms. The number of H-pyrrole nitrogens is 1. The molecule has 2 nitrogen and oxygen atoms in total. The van der Waals surface area contributed by atoms with Crippen LogP contribution in [0.4, 0.5) is 0 Å². The van der Waals surface area contributed by atoms with E-state index in [1.165, 1.54) is 42.1 Å². The van der Waals surface area contributed by atoms with E-state index in [1.807, 2.05) is 6.20 Å². The lowest BCUT2D eigenvalue weighted by atomic mass is 9.82. The van der Waals surface area contributed by atoms with E-state index in [2.05, 4.69) is 29.2 Å². The Morgan fingerprint density at radius 2 is 1.88 bits per heavy atom. The summed E-state index contributed by atoms with van der Waals surface area (Å²) >= 11 is 0. The first-order valence-corrected chi connectivity index (χ1v) is 6.15. The molecule has 1 heterocycles. The van der Waals surface area contributed by atoms with Crippen molar-refractivity contribution in [2.45, 2.75) is 37.6 Å². The SMILES string of the molecule is NC1CCC(c2ccc3[nH]ccc3c2)CC1. The molecular formula is C14H18N2. The molecule has 1 aromatic carbocycles. The van der Waals surface area contributed by atoms with Crippen LogP contribution >= 0.6 is 0 Å². The van der Waals surface area contributed by atoms with Gasteiger partial charge in [-0.15, -0.1) is 0 Å². The minimum absolute atomic E-state index is 0.437. The van der Waals surface area contributed by atoms with E-state index in [0.717, 1.165) is 5.92 Å². The molecule has 1 aliphatic rings. The minimum atomic E-state index is 0.437. The van der Waals surface area contributed by atoms with Gasteiger partial charge in [-0.05, 0) is 60.7 Å². The van der Waals surface area contributed by atoms with E-state index in [0.29, 0.717) is 6.04 Å². The molecule has 1 saturated carbocycles. The third-order valence-corrected chi connectivity index (χ3v) is 3.82. The molecule has 0 bridgehead atoms. The van der Waals surface area contributed by atoms with Gasteiger partial charge < -0.3 is 10.7 Å². The van der Waals surface area contributed by atoms with Crippen LogP contribution in [0.5, 0.6) is 0 Å². The maximum atomic E-state index is 5.94. The van der Waals surface area contributed by atoms with Gasteiger partial charge in [-0.25, -0.2) is 0 Å². The smallest absolute Gasteiger partial charge is 0.0454 e. The van der Waals surface area contributed by atoms with Crippen molar-refractivity contribution in [3.63, 3.8) is 0 Å². The highest BCUT2D eigenvalue weighted by Gasteiger charge is 2.19. The van der Waals surface area contributed by atoms with E-state index in [9.17, 15) is 0 Å². The average molecular weight is 214 g/mol. The van der Waals surface area contributed by atoms with Crippen LogP contribution in [0, 0.1) is 0 Å². The second-order valence-electron chi connectivity index (χ2n) is 4.94. The summed E-state index contributed by atoms with van der Waals surface area (Å²) in [5, 5.41) is 1.33. The van der Waals surface area contributed by atoms with E-state index in [-0.39, 0.29) is 0 Å². The van der Waals surface area contributed by atoms with E-state index >= 15 is 0 Å². The summed E-state index contributed by atoms with van der Waals surface area (Å²) in [5.41, 5.74) is 8.66. The number of hydrogen-bond acceptors (Lipinski definition) is 1. The topological polar surface area (TPSA) is 41.8 Å². The molecule has 84 valence electrons. The predicted octanol–water partition coefficient (Wildman–Crippen LogP) is 3.15. The fourth-order valence-corrected chi connectivity index (χ4v) is 2.78. The summed E-state index contributed by atoms with van der Waals surface area (Å²) in [4.78, 5) is 3.24. The zero-order valence-corrected chi connectivity index (χ0v) is 9.45. The fourth-order valence-electron chi connectivity index (χ4n) is 2.78. The van der Waals surface area contributed by atoms with Crippen LogP contribution in [0.25, 0.3) is 10.9 Å². The molecule has 0 radical (unpaired) electrons. The Kier molecular flexibility index (Phi) is 2.44. The Morgan fingerprint density at radius 1 is 1.06 bits per heavy atom. The Morgan fingerprint density at radius 3 is 2.69 bits per heavy atom. The lowest BCUT2D eigenvalue weighted by Gasteiger charge is -2.26. The second kappa shape index (κ2) is 3.95. The number of hydrogen-bond donors (Lipinski definition) is 2. The molecule has 3 rings (SSSR count). The summed E-state index contributed by atoms with van der Waals surface area (Å²) < 4.78 is 0. The maximum absolute atomic E-state index is 5.94. The van der Waals surface area contributed by atoms with Crippen molar-refractivity contribution in [1.82, 2.24) is 4.98 Å². The van der Waals surface area contributed by atoms with Gasteiger partial charge in [-0.3, -0.25) is 0 Å². The minimum Gasteiger partial charge on any atom is -0.361 e. The summed E-state index contributed by atoms with van der Waals surface area (Å²) in [6.45, 7) is 0. The molecule has 1 fully saturated rings. The van der Waals surface area contributed by atoms with Crippen LogP contribution in [-0.4, -0.2) is 11.0 Å². The standard InChI is InChI=1S/C14H18N2/c15-13-4-1-10(2-5-13)11-3-6-14-12(9-11)7-8-16-14/h3,6-10,13,16H,1-2,4-5,15H2. The van der Waals surface area contributed by atoms with Gasteiger partial charge in [-0.2, -0.15) is 0 Å². The van der Waals surface area contributed by atoms with Crippen LogP contribution in [0.1, 0.15) is 37.2 Å². The first-order valence-electron chi connectivity index (χ1n) is 6.15. The summed E-state index contributed by atoms with van der Waals surface area (Å²) in [6.07, 6.45) is 6.85. The van der Waals surface area contributed by atoms with Gasteiger partial charge in [0.15, 0.2) is 0 Å². The molecule has 2 aromatic rings. The van der Waals surface area contributed by atoms with Gasteiger partial charge in [0.2, 0.25) is 0 Å². The molecule has 0 spiro atoms. The summed E-state index contributed by atoms with van der Waals surface area (Å²) in [7, 11) is 0. The molecule has 0 saturated heterocycles. The Labute approximate surface area is 95.8 Å². The molecular weight excluding hydrogens is 196 g/mol. The highest BCUT2D eigenvalue weighted by Crippen LogP contribution is 2.33. The molecule has 16 heavy (non-hydrogen) atoms. The van der Waals surface area contributed by atoms with Crippen LogP contribution in [0.15, 0.2) is 30.5 Å². The average Bonchev–Trinajstić information content (AvgIpc) is 2.77. The monoisotopic (exact) mass is 214 g/mol. The lowest BCUT2D eigenvalue weighted by molar-refractivity contribution is 0.396. The quantitative estimate of drug-likeness (QED) is 0.752. The zero-order valence-electron chi connectivity index (χ0n) is 9.45. The highest BCUT2D eigenvalue weighted by molar-refractivity contribution is 5.80. The van der Waals surface area contributed by atoms with Crippen molar-refractivity contribution < 1.29 is 0 Å². The van der Waals surface area contributed by atoms with Crippen LogP contribution < -0.4 is 5.73 Å². The molecule has 0 aliphatic heterocycles. The zero-order chi connectivity index (χ0) is 11.0. The van der Waals surface area contributed by atoms with Gasteiger partial charge in [0, 0.05) is 17.8 Å². The van der Waals surface area contributed by atoms with Gasteiger partial charge in [-0.1, -0.05) is 6.07 Å². The van der Waals surface area contributed by atoms with Crippen molar-refractivity contribution >= 4 is 10.9 Å². The van der Waals surface area contributed by atoms with Crippen molar-refractivity contribution in [3.05, 3.63) is 36.0 Å². The molecule has 0 amide bonds. The Balaban J connectivity index is 1.87. The molecule has 1 aromatic heterocycles. The number of rotatable bonds is 1. The number of fused-ring (bicyclic) bond motifs is 1. The number of nitrogens with two attached hydrogens (primary N) is 1. The number of nitrogens with one attached hydrogen (secondary N) is 1. The number of aromatic nitrogens is 1. The van der Waals surface area contributed by atoms with Crippen molar-refractivity contribution in [1.29, 1.82) is 0 Å². The van der Waals surface area contributed by atoms with E-state index in [1.54, 1.807) is 0 Å².